The topological polar surface area (TPSA) is 42.2 Å². The van der Waals surface area contributed by atoms with Gasteiger partial charge in [0.2, 0.25) is 5.91 Å². The van der Waals surface area contributed by atoms with E-state index in [4.69, 9.17) is 16.0 Å². The molecule has 88 valence electrons. The van der Waals surface area contributed by atoms with Crippen molar-refractivity contribution in [2.75, 3.05) is 0 Å². The smallest absolute Gasteiger partial charge is 0.224 e. The molecule has 0 atom stereocenters. The van der Waals surface area contributed by atoms with Gasteiger partial charge in [0, 0.05) is 5.02 Å². The summed E-state index contributed by atoms with van der Waals surface area (Å²) < 4.78 is 5.12. The second-order valence-electron chi connectivity index (χ2n) is 3.62. The Balaban J connectivity index is 1.87. The number of furan rings is 1. The largest absolute Gasteiger partial charge is 0.467 e. The van der Waals surface area contributed by atoms with Crippen LogP contribution in [0, 0.1) is 0 Å². The van der Waals surface area contributed by atoms with Crippen molar-refractivity contribution < 1.29 is 9.21 Å². The van der Waals surface area contributed by atoms with Crippen LogP contribution in [0.2, 0.25) is 5.02 Å². The molecule has 2 aromatic rings. The Morgan fingerprint density at radius 2 is 2.06 bits per heavy atom. The van der Waals surface area contributed by atoms with Crippen LogP contribution in [0.3, 0.4) is 0 Å². The van der Waals surface area contributed by atoms with E-state index < -0.39 is 0 Å². The molecule has 17 heavy (non-hydrogen) atoms. The van der Waals surface area contributed by atoms with Crippen molar-refractivity contribution in [3.63, 3.8) is 0 Å². The van der Waals surface area contributed by atoms with Crippen LogP contribution in [0.4, 0.5) is 0 Å². The van der Waals surface area contributed by atoms with Crippen LogP contribution in [0.1, 0.15) is 11.3 Å². The molecule has 1 heterocycles. The lowest BCUT2D eigenvalue weighted by molar-refractivity contribution is -0.120. The van der Waals surface area contributed by atoms with Crippen molar-refractivity contribution in [3.05, 3.63) is 59.0 Å². The molecule has 0 bridgehead atoms. The average molecular weight is 250 g/mol. The summed E-state index contributed by atoms with van der Waals surface area (Å²) in [5.41, 5.74) is 0.825. The Labute approximate surface area is 104 Å². The first-order valence-corrected chi connectivity index (χ1v) is 5.66. The highest BCUT2D eigenvalue weighted by Gasteiger charge is 2.06. The van der Waals surface area contributed by atoms with Crippen LogP contribution in [0.25, 0.3) is 0 Å². The number of nitrogens with one attached hydrogen (secondary N) is 1. The van der Waals surface area contributed by atoms with Crippen molar-refractivity contribution in [1.29, 1.82) is 0 Å². The lowest BCUT2D eigenvalue weighted by Gasteiger charge is -2.04. The van der Waals surface area contributed by atoms with E-state index >= 15 is 0 Å². The van der Waals surface area contributed by atoms with E-state index in [1.165, 1.54) is 0 Å². The van der Waals surface area contributed by atoms with E-state index in [1.807, 2.05) is 24.3 Å². The zero-order valence-corrected chi connectivity index (χ0v) is 9.91. The van der Waals surface area contributed by atoms with Crippen LogP contribution in [-0.2, 0) is 17.8 Å². The molecule has 0 fully saturated rings. The minimum absolute atomic E-state index is 0.0745. The van der Waals surface area contributed by atoms with Gasteiger partial charge < -0.3 is 9.73 Å². The number of carbonyl (C=O) groups is 1. The highest BCUT2D eigenvalue weighted by molar-refractivity contribution is 6.31. The average Bonchev–Trinajstić information content (AvgIpc) is 2.82. The summed E-state index contributed by atoms with van der Waals surface area (Å²) in [7, 11) is 0. The number of rotatable bonds is 4. The van der Waals surface area contributed by atoms with Gasteiger partial charge >= 0.3 is 0 Å². The van der Waals surface area contributed by atoms with Gasteiger partial charge in [0.05, 0.1) is 19.2 Å². The number of amides is 1. The van der Waals surface area contributed by atoms with Gasteiger partial charge in [0.1, 0.15) is 5.76 Å². The third-order valence-electron chi connectivity index (χ3n) is 2.35. The summed E-state index contributed by atoms with van der Waals surface area (Å²) in [5, 5.41) is 3.38. The lowest BCUT2D eigenvalue weighted by Crippen LogP contribution is -2.24. The molecule has 0 aliphatic carbocycles. The molecule has 1 aromatic carbocycles. The summed E-state index contributed by atoms with van der Waals surface area (Å²) in [4.78, 5) is 11.6. The predicted molar refractivity (Wildman–Crippen MR) is 65.7 cm³/mol. The molecule has 0 saturated heterocycles. The first kappa shape index (κ1) is 11.7. The van der Waals surface area contributed by atoms with Crippen LogP contribution >= 0.6 is 11.6 Å². The van der Waals surface area contributed by atoms with Crippen LogP contribution < -0.4 is 5.32 Å². The van der Waals surface area contributed by atoms with E-state index in [0.29, 0.717) is 11.6 Å². The van der Waals surface area contributed by atoms with Gasteiger partial charge in [0.25, 0.3) is 0 Å². The first-order chi connectivity index (χ1) is 8.25. The molecule has 0 spiro atoms. The van der Waals surface area contributed by atoms with E-state index in [1.54, 1.807) is 18.4 Å². The minimum atomic E-state index is -0.0745. The number of benzene rings is 1. The van der Waals surface area contributed by atoms with Gasteiger partial charge in [0.15, 0.2) is 0 Å². The molecule has 3 nitrogen and oxygen atoms in total. The molecule has 1 aromatic heterocycles. The molecule has 0 radical (unpaired) electrons. The maximum atomic E-state index is 11.6. The van der Waals surface area contributed by atoms with E-state index in [2.05, 4.69) is 5.32 Å². The molecule has 0 unspecified atom stereocenters. The lowest BCUT2D eigenvalue weighted by atomic mass is 10.1. The van der Waals surface area contributed by atoms with E-state index in [9.17, 15) is 4.79 Å². The third-order valence-corrected chi connectivity index (χ3v) is 2.72. The van der Waals surface area contributed by atoms with Gasteiger partial charge in [-0.1, -0.05) is 29.8 Å². The Morgan fingerprint density at radius 1 is 1.24 bits per heavy atom. The molecular formula is C13H12ClNO2. The fourth-order valence-electron chi connectivity index (χ4n) is 1.48. The molecule has 1 N–H and O–H groups in total. The van der Waals surface area contributed by atoms with E-state index in [-0.39, 0.29) is 12.3 Å². The van der Waals surface area contributed by atoms with Crippen molar-refractivity contribution in [3.8, 4) is 0 Å². The highest BCUT2D eigenvalue weighted by atomic mass is 35.5. The van der Waals surface area contributed by atoms with Gasteiger partial charge in [-0.2, -0.15) is 0 Å². The van der Waals surface area contributed by atoms with Gasteiger partial charge in [-0.3, -0.25) is 4.79 Å². The van der Waals surface area contributed by atoms with Crippen molar-refractivity contribution in [1.82, 2.24) is 5.32 Å². The predicted octanol–water partition coefficient (Wildman–Crippen LogP) is 2.79. The monoisotopic (exact) mass is 249 g/mol. The maximum Gasteiger partial charge on any atom is 0.224 e. The molecule has 1 amide bonds. The zero-order chi connectivity index (χ0) is 12.1. The van der Waals surface area contributed by atoms with Crippen molar-refractivity contribution in [2.24, 2.45) is 0 Å². The SMILES string of the molecule is O=C(Cc1ccccc1Cl)NCc1ccco1. The Morgan fingerprint density at radius 3 is 2.76 bits per heavy atom. The number of halogens is 1. The second-order valence-corrected chi connectivity index (χ2v) is 4.03. The Hall–Kier alpha value is -1.74. The quantitative estimate of drug-likeness (QED) is 0.905. The molecule has 0 saturated carbocycles. The standard InChI is InChI=1S/C13H12ClNO2/c14-12-6-2-1-4-10(12)8-13(16)15-9-11-5-3-7-17-11/h1-7H,8-9H2,(H,15,16). The molecule has 0 aliphatic heterocycles. The number of hydrogen-bond acceptors (Lipinski definition) is 2. The Kier molecular flexibility index (Phi) is 3.83. The van der Waals surface area contributed by atoms with Crippen LogP contribution in [0.5, 0.6) is 0 Å². The third kappa shape index (κ3) is 3.36. The van der Waals surface area contributed by atoms with Crippen molar-refractivity contribution in [2.45, 2.75) is 13.0 Å². The maximum absolute atomic E-state index is 11.6. The zero-order valence-electron chi connectivity index (χ0n) is 9.15. The molecule has 2 rings (SSSR count). The normalized spacial score (nSPS) is 10.2. The first-order valence-electron chi connectivity index (χ1n) is 5.28. The highest BCUT2D eigenvalue weighted by Crippen LogP contribution is 2.15. The number of carbonyl (C=O) groups excluding carboxylic acids is 1. The van der Waals surface area contributed by atoms with Crippen LogP contribution in [-0.4, -0.2) is 5.91 Å². The summed E-state index contributed by atoms with van der Waals surface area (Å²) in [6.45, 7) is 0.399. The van der Waals surface area contributed by atoms with Crippen molar-refractivity contribution >= 4 is 17.5 Å². The minimum Gasteiger partial charge on any atom is -0.467 e. The van der Waals surface area contributed by atoms with Gasteiger partial charge in [-0.05, 0) is 23.8 Å². The fraction of sp³-hybridized carbons (Fsp3) is 0.154. The van der Waals surface area contributed by atoms with Crippen LogP contribution in [0.15, 0.2) is 47.1 Å². The van der Waals surface area contributed by atoms with E-state index in [0.717, 1.165) is 11.3 Å². The molecule has 4 heteroatoms. The summed E-state index contributed by atoms with van der Waals surface area (Å²) in [5.74, 6) is 0.659. The number of hydrogen-bond donors (Lipinski definition) is 1. The molecule has 0 aliphatic rings. The summed E-state index contributed by atoms with van der Waals surface area (Å²) in [6, 6.07) is 10.9. The van der Waals surface area contributed by atoms with Gasteiger partial charge in [-0.25, -0.2) is 0 Å². The summed E-state index contributed by atoms with van der Waals surface area (Å²) in [6.07, 6.45) is 1.86. The Bertz CT molecular complexity index is 494. The fourth-order valence-corrected chi connectivity index (χ4v) is 1.68. The van der Waals surface area contributed by atoms with Gasteiger partial charge in [-0.15, -0.1) is 0 Å². The summed E-state index contributed by atoms with van der Waals surface area (Å²) >= 11 is 5.97. The molecular weight excluding hydrogens is 238 g/mol. The second kappa shape index (κ2) is 5.55.